The molecule has 1 aromatic rings. The minimum Gasteiger partial charge on any atom is -0.382 e. The summed E-state index contributed by atoms with van der Waals surface area (Å²) >= 11 is 0. The molecule has 1 fully saturated rings. The van der Waals surface area contributed by atoms with Crippen molar-refractivity contribution in [3.8, 4) is 0 Å². The van der Waals surface area contributed by atoms with E-state index in [2.05, 4.69) is 23.9 Å². The Bertz CT molecular complexity index is 544. The summed E-state index contributed by atoms with van der Waals surface area (Å²) in [6.45, 7) is 6.78. The van der Waals surface area contributed by atoms with Crippen LogP contribution in [0, 0.1) is 11.8 Å². The van der Waals surface area contributed by atoms with Crippen molar-refractivity contribution in [1.82, 2.24) is 4.72 Å². The van der Waals surface area contributed by atoms with E-state index in [1.165, 1.54) is 19.3 Å². The van der Waals surface area contributed by atoms with E-state index in [0.717, 1.165) is 17.5 Å². The molecule has 0 saturated heterocycles. The van der Waals surface area contributed by atoms with Crippen LogP contribution in [0.25, 0.3) is 0 Å². The van der Waals surface area contributed by atoms with Crippen LogP contribution in [0.3, 0.4) is 0 Å². The van der Waals surface area contributed by atoms with Crippen LogP contribution in [0.5, 0.6) is 0 Å². The Hall–Kier alpha value is -1.07. The number of hydrogen-bond donors (Lipinski definition) is 2. The summed E-state index contributed by atoms with van der Waals surface area (Å²) < 4.78 is 26.3. The quantitative estimate of drug-likeness (QED) is 0.878. The summed E-state index contributed by atoms with van der Waals surface area (Å²) in [6.07, 6.45) is 3.67. The molecule has 2 atom stereocenters. The standard InChI is InChI=1S/C16H26N2O2S/c1-4-17-21(19,20)16-7-5-14(6-8-16)18-15-10-12(2)9-13(3)11-15/h5-8,12-13,15,17-18H,4,9-11H2,1-3H3. The van der Waals surface area contributed by atoms with Crippen molar-refractivity contribution in [3.63, 3.8) is 0 Å². The molecule has 0 bridgehead atoms. The monoisotopic (exact) mass is 310 g/mol. The summed E-state index contributed by atoms with van der Waals surface area (Å²) in [4.78, 5) is 0.320. The third kappa shape index (κ3) is 4.45. The Morgan fingerprint density at radius 1 is 1.05 bits per heavy atom. The van der Waals surface area contributed by atoms with Crippen molar-refractivity contribution >= 4 is 15.7 Å². The number of anilines is 1. The van der Waals surface area contributed by atoms with E-state index in [-0.39, 0.29) is 0 Å². The summed E-state index contributed by atoms with van der Waals surface area (Å²) in [5, 5.41) is 3.54. The third-order valence-electron chi connectivity index (χ3n) is 4.05. The fraction of sp³-hybridized carbons (Fsp3) is 0.625. The molecule has 0 aromatic heterocycles. The van der Waals surface area contributed by atoms with Gasteiger partial charge in [-0.05, 0) is 55.4 Å². The molecule has 1 aliphatic rings. The molecule has 0 amide bonds. The predicted octanol–water partition coefficient (Wildman–Crippen LogP) is 3.22. The molecule has 0 spiro atoms. The van der Waals surface area contributed by atoms with Crippen molar-refractivity contribution in [2.24, 2.45) is 11.8 Å². The van der Waals surface area contributed by atoms with Gasteiger partial charge in [0.25, 0.3) is 0 Å². The smallest absolute Gasteiger partial charge is 0.240 e. The van der Waals surface area contributed by atoms with Crippen LogP contribution in [-0.4, -0.2) is 21.0 Å². The van der Waals surface area contributed by atoms with Crippen LogP contribution in [0.4, 0.5) is 5.69 Å². The van der Waals surface area contributed by atoms with Crippen molar-refractivity contribution in [3.05, 3.63) is 24.3 Å². The molecule has 2 unspecified atom stereocenters. The molecule has 5 heteroatoms. The first-order valence-electron chi connectivity index (χ1n) is 7.77. The molecule has 2 rings (SSSR count). The minimum absolute atomic E-state index is 0.320. The maximum atomic E-state index is 11.9. The van der Waals surface area contributed by atoms with E-state index < -0.39 is 10.0 Å². The highest BCUT2D eigenvalue weighted by Gasteiger charge is 2.23. The van der Waals surface area contributed by atoms with Gasteiger partial charge in [-0.2, -0.15) is 0 Å². The number of nitrogens with one attached hydrogen (secondary N) is 2. The molecule has 2 N–H and O–H groups in total. The Labute approximate surface area is 128 Å². The summed E-state index contributed by atoms with van der Waals surface area (Å²) in [7, 11) is -3.36. The molecule has 0 aliphatic heterocycles. The maximum absolute atomic E-state index is 11.9. The fourth-order valence-corrected chi connectivity index (χ4v) is 4.35. The van der Waals surface area contributed by atoms with Gasteiger partial charge in [0.05, 0.1) is 4.90 Å². The van der Waals surface area contributed by atoms with E-state index in [1.807, 2.05) is 12.1 Å². The molecule has 1 aliphatic carbocycles. The first kappa shape index (κ1) is 16.3. The normalized spacial score (nSPS) is 26.5. The van der Waals surface area contributed by atoms with Crippen molar-refractivity contribution < 1.29 is 8.42 Å². The first-order chi connectivity index (χ1) is 9.90. The van der Waals surface area contributed by atoms with Crippen molar-refractivity contribution in [2.45, 2.75) is 51.0 Å². The summed E-state index contributed by atoms with van der Waals surface area (Å²) in [5.41, 5.74) is 0.997. The molecule has 0 heterocycles. The average Bonchev–Trinajstić information content (AvgIpc) is 2.38. The highest BCUT2D eigenvalue weighted by atomic mass is 32.2. The van der Waals surface area contributed by atoms with Gasteiger partial charge in [0, 0.05) is 18.3 Å². The second kappa shape index (κ2) is 6.79. The lowest BCUT2D eigenvalue weighted by molar-refractivity contribution is 0.281. The van der Waals surface area contributed by atoms with E-state index in [1.54, 1.807) is 19.1 Å². The maximum Gasteiger partial charge on any atom is 0.240 e. The van der Waals surface area contributed by atoms with Crippen LogP contribution < -0.4 is 10.0 Å². The number of hydrogen-bond acceptors (Lipinski definition) is 3. The Kier molecular flexibility index (Phi) is 5.27. The van der Waals surface area contributed by atoms with E-state index in [9.17, 15) is 8.42 Å². The zero-order valence-electron chi connectivity index (χ0n) is 13.1. The Morgan fingerprint density at radius 2 is 1.62 bits per heavy atom. The summed E-state index contributed by atoms with van der Waals surface area (Å²) in [5.74, 6) is 1.50. The van der Waals surface area contributed by atoms with E-state index in [0.29, 0.717) is 17.5 Å². The Morgan fingerprint density at radius 3 is 2.14 bits per heavy atom. The topological polar surface area (TPSA) is 58.2 Å². The predicted molar refractivity (Wildman–Crippen MR) is 86.9 cm³/mol. The number of benzene rings is 1. The van der Waals surface area contributed by atoms with Crippen molar-refractivity contribution in [2.75, 3.05) is 11.9 Å². The molecule has 1 aromatic carbocycles. The number of sulfonamides is 1. The van der Waals surface area contributed by atoms with Crippen molar-refractivity contribution in [1.29, 1.82) is 0 Å². The molecule has 1 saturated carbocycles. The van der Waals surface area contributed by atoms with Crippen LogP contribution in [0.15, 0.2) is 29.2 Å². The Balaban J connectivity index is 2.03. The van der Waals surface area contributed by atoms with Crippen LogP contribution in [0.1, 0.15) is 40.0 Å². The van der Waals surface area contributed by atoms with Gasteiger partial charge < -0.3 is 5.32 Å². The third-order valence-corrected chi connectivity index (χ3v) is 5.61. The lowest BCUT2D eigenvalue weighted by Crippen LogP contribution is -2.30. The van der Waals surface area contributed by atoms with Gasteiger partial charge >= 0.3 is 0 Å². The molecular formula is C16H26N2O2S. The van der Waals surface area contributed by atoms with Gasteiger partial charge in [-0.25, -0.2) is 13.1 Å². The molecular weight excluding hydrogens is 284 g/mol. The minimum atomic E-state index is -3.36. The largest absolute Gasteiger partial charge is 0.382 e. The molecule has 118 valence electrons. The van der Waals surface area contributed by atoms with E-state index >= 15 is 0 Å². The second-order valence-electron chi connectivity index (χ2n) is 6.28. The lowest BCUT2D eigenvalue weighted by atomic mass is 9.80. The van der Waals surface area contributed by atoms with Crippen LogP contribution in [0.2, 0.25) is 0 Å². The SMILES string of the molecule is CCNS(=O)(=O)c1ccc(NC2CC(C)CC(C)C2)cc1. The van der Waals surface area contributed by atoms with Crippen LogP contribution in [-0.2, 0) is 10.0 Å². The van der Waals surface area contributed by atoms with Gasteiger partial charge in [-0.15, -0.1) is 0 Å². The zero-order chi connectivity index (χ0) is 15.5. The van der Waals surface area contributed by atoms with E-state index in [4.69, 9.17) is 0 Å². The summed E-state index contributed by atoms with van der Waals surface area (Å²) in [6, 6.07) is 7.52. The second-order valence-corrected chi connectivity index (χ2v) is 8.05. The van der Waals surface area contributed by atoms with Gasteiger partial charge in [0.1, 0.15) is 0 Å². The highest BCUT2D eigenvalue weighted by molar-refractivity contribution is 7.89. The number of rotatable bonds is 5. The first-order valence-corrected chi connectivity index (χ1v) is 9.25. The molecule has 21 heavy (non-hydrogen) atoms. The fourth-order valence-electron chi connectivity index (χ4n) is 3.30. The zero-order valence-corrected chi connectivity index (χ0v) is 13.9. The van der Waals surface area contributed by atoms with Gasteiger partial charge in [-0.1, -0.05) is 20.8 Å². The van der Waals surface area contributed by atoms with Gasteiger partial charge in [0.2, 0.25) is 10.0 Å². The average molecular weight is 310 g/mol. The van der Waals surface area contributed by atoms with Crippen LogP contribution >= 0.6 is 0 Å². The lowest BCUT2D eigenvalue weighted by Gasteiger charge is -2.32. The van der Waals surface area contributed by atoms with Gasteiger partial charge in [0.15, 0.2) is 0 Å². The molecule has 4 nitrogen and oxygen atoms in total. The highest BCUT2D eigenvalue weighted by Crippen LogP contribution is 2.30. The molecule has 0 radical (unpaired) electrons. The van der Waals surface area contributed by atoms with Gasteiger partial charge in [-0.3, -0.25) is 0 Å².